The minimum atomic E-state index is 0.0539. The van der Waals surface area contributed by atoms with E-state index < -0.39 is 0 Å². The number of piperazine rings is 1. The molecule has 0 atom stereocenters. The van der Waals surface area contributed by atoms with Crippen molar-refractivity contribution >= 4 is 11.3 Å². The molecule has 0 amide bonds. The van der Waals surface area contributed by atoms with Gasteiger partial charge >= 0.3 is 0 Å². The third kappa shape index (κ3) is 3.99. The lowest BCUT2D eigenvalue weighted by molar-refractivity contribution is 0.122. The summed E-state index contributed by atoms with van der Waals surface area (Å²) >= 11 is 1.72. The first kappa shape index (κ1) is 16.9. The number of thiazole rings is 1. The summed E-state index contributed by atoms with van der Waals surface area (Å²) < 4.78 is 1.66. The number of aryl methyl sites for hydroxylation is 3. The Balaban J connectivity index is 1.27. The molecule has 1 aliphatic heterocycles. The topological polar surface area (TPSA) is 54.3 Å². The molecule has 6 nitrogen and oxygen atoms in total. The smallest absolute Gasteiger partial charge is 0.267 e. The third-order valence-electron chi connectivity index (χ3n) is 5.17. The lowest BCUT2D eigenvalue weighted by Gasteiger charge is -2.34. The van der Waals surface area contributed by atoms with Gasteiger partial charge < -0.3 is 0 Å². The van der Waals surface area contributed by atoms with E-state index in [1.807, 2.05) is 0 Å². The van der Waals surface area contributed by atoms with Gasteiger partial charge in [-0.05, 0) is 31.7 Å². The predicted molar refractivity (Wildman–Crippen MR) is 99.1 cm³/mol. The Morgan fingerprint density at radius 2 is 1.92 bits per heavy atom. The monoisotopic (exact) mass is 359 g/mol. The number of rotatable bonds is 5. The van der Waals surface area contributed by atoms with Gasteiger partial charge in [-0.15, -0.1) is 11.3 Å². The van der Waals surface area contributed by atoms with E-state index in [9.17, 15) is 4.79 Å². The van der Waals surface area contributed by atoms with Crippen LogP contribution in [0.5, 0.6) is 0 Å². The van der Waals surface area contributed by atoms with Crippen LogP contribution in [0.2, 0.25) is 0 Å². The summed E-state index contributed by atoms with van der Waals surface area (Å²) in [6.07, 6.45) is 3.16. The van der Waals surface area contributed by atoms with Crippen molar-refractivity contribution in [2.45, 2.75) is 39.3 Å². The van der Waals surface area contributed by atoms with Crippen LogP contribution in [0.25, 0.3) is 0 Å². The molecule has 3 heterocycles. The fraction of sp³-hybridized carbons (Fsp3) is 0.611. The lowest BCUT2D eigenvalue weighted by atomic mass is 10.2. The normalized spacial score (nSPS) is 18.6. The SMILES string of the molecule is Cc1nc(CN2CCN(CCn3nc4c(cc3=O)CCC4)CC2)cs1. The van der Waals surface area contributed by atoms with E-state index in [-0.39, 0.29) is 5.56 Å². The van der Waals surface area contributed by atoms with Gasteiger partial charge in [-0.2, -0.15) is 5.10 Å². The van der Waals surface area contributed by atoms with Crippen molar-refractivity contribution in [2.24, 2.45) is 0 Å². The van der Waals surface area contributed by atoms with Gasteiger partial charge in [0.1, 0.15) is 0 Å². The van der Waals surface area contributed by atoms with Gasteiger partial charge in [-0.1, -0.05) is 0 Å². The minimum Gasteiger partial charge on any atom is -0.299 e. The molecule has 2 aromatic heterocycles. The van der Waals surface area contributed by atoms with Crippen LogP contribution in [0.15, 0.2) is 16.2 Å². The minimum absolute atomic E-state index is 0.0539. The van der Waals surface area contributed by atoms with E-state index >= 15 is 0 Å². The van der Waals surface area contributed by atoms with Gasteiger partial charge in [0.05, 0.1) is 22.9 Å². The average Bonchev–Trinajstić information content (AvgIpc) is 3.22. The summed E-state index contributed by atoms with van der Waals surface area (Å²) in [6, 6.07) is 1.79. The molecule has 1 fully saturated rings. The van der Waals surface area contributed by atoms with E-state index in [2.05, 4.69) is 32.2 Å². The number of aromatic nitrogens is 3. The van der Waals surface area contributed by atoms with E-state index in [4.69, 9.17) is 0 Å². The van der Waals surface area contributed by atoms with Gasteiger partial charge in [-0.3, -0.25) is 14.6 Å². The first-order valence-corrected chi connectivity index (χ1v) is 10.0. The van der Waals surface area contributed by atoms with Crippen LogP contribution < -0.4 is 5.56 Å². The molecule has 0 N–H and O–H groups in total. The van der Waals surface area contributed by atoms with Crippen LogP contribution >= 0.6 is 11.3 Å². The van der Waals surface area contributed by atoms with Crippen LogP contribution in [0.1, 0.15) is 28.4 Å². The first-order chi connectivity index (χ1) is 12.2. The maximum absolute atomic E-state index is 12.2. The van der Waals surface area contributed by atoms with Crippen LogP contribution in [0.4, 0.5) is 0 Å². The lowest BCUT2D eigenvalue weighted by Crippen LogP contribution is -2.47. The van der Waals surface area contributed by atoms with Gasteiger partial charge in [0.2, 0.25) is 0 Å². The van der Waals surface area contributed by atoms with Crippen LogP contribution in [-0.2, 0) is 25.9 Å². The number of hydrogen-bond acceptors (Lipinski definition) is 6. The van der Waals surface area contributed by atoms with Crippen LogP contribution in [0.3, 0.4) is 0 Å². The first-order valence-electron chi connectivity index (χ1n) is 9.13. The summed E-state index contributed by atoms with van der Waals surface area (Å²) in [5.74, 6) is 0. The highest BCUT2D eigenvalue weighted by Crippen LogP contribution is 2.17. The fourth-order valence-electron chi connectivity index (χ4n) is 3.72. The molecule has 4 rings (SSSR count). The van der Waals surface area contributed by atoms with Crippen molar-refractivity contribution < 1.29 is 0 Å². The Bertz CT molecular complexity index is 791. The number of nitrogens with zero attached hydrogens (tertiary/aromatic N) is 5. The average molecular weight is 359 g/mol. The summed E-state index contributed by atoms with van der Waals surface area (Å²) in [6.45, 7) is 8.80. The zero-order valence-corrected chi connectivity index (χ0v) is 15.6. The molecule has 2 aliphatic rings. The maximum atomic E-state index is 12.2. The molecular formula is C18H25N5OS. The maximum Gasteiger partial charge on any atom is 0.267 e. The number of fused-ring (bicyclic) bond motifs is 1. The quantitative estimate of drug-likeness (QED) is 0.806. The van der Waals surface area contributed by atoms with E-state index in [1.54, 1.807) is 22.1 Å². The molecule has 0 radical (unpaired) electrons. The highest BCUT2D eigenvalue weighted by atomic mass is 32.1. The molecule has 0 unspecified atom stereocenters. The fourth-order valence-corrected chi connectivity index (χ4v) is 4.32. The molecule has 1 aliphatic carbocycles. The highest BCUT2D eigenvalue weighted by Gasteiger charge is 2.19. The van der Waals surface area contributed by atoms with E-state index in [1.165, 1.54) is 5.69 Å². The number of hydrogen-bond donors (Lipinski definition) is 0. The van der Waals surface area contributed by atoms with E-state index in [0.717, 1.165) is 74.8 Å². The van der Waals surface area contributed by atoms with Crippen LogP contribution in [0, 0.1) is 6.92 Å². The highest BCUT2D eigenvalue weighted by molar-refractivity contribution is 7.09. The summed E-state index contributed by atoms with van der Waals surface area (Å²) in [4.78, 5) is 21.6. The molecule has 2 aromatic rings. The van der Waals surface area contributed by atoms with Gasteiger partial charge in [-0.25, -0.2) is 9.67 Å². The standard InChI is InChI=1S/C18H25N5OS/c1-14-19-16(13-25-14)12-22-7-5-21(6-8-22)9-10-23-18(24)11-15-3-2-4-17(15)20-23/h11,13H,2-10,12H2,1H3. The van der Waals surface area contributed by atoms with Crippen molar-refractivity contribution in [3.05, 3.63) is 43.8 Å². The molecule has 0 bridgehead atoms. The second-order valence-electron chi connectivity index (χ2n) is 7.01. The molecule has 7 heteroatoms. The second kappa shape index (κ2) is 7.35. The largest absolute Gasteiger partial charge is 0.299 e. The molecule has 25 heavy (non-hydrogen) atoms. The van der Waals surface area contributed by atoms with Gasteiger partial charge in [0, 0.05) is 50.7 Å². The van der Waals surface area contributed by atoms with E-state index in [0.29, 0.717) is 6.54 Å². The van der Waals surface area contributed by atoms with Crippen LogP contribution in [-0.4, -0.2) is 57.3 Å². The van der Waals surface area contributed by atoms with Crippen molar-refractivity contribution in [1.82, 2.24) is 24.6 Å². The molecule has 0 spiro atoms. The summed E-state index contributed by atoms with van der Waals surface area (Å²) in [5.41, 5.74) is 3.53. The molecule has 134 valence electrons. The van der Waals surface area contributed by atoms with Gasteiger partial charge in [0.15, 0.2) is 0 Å². The molecule has 0 aromatic carbocycles. The molecular weight excluding hydrogens is 334 g/mol. The Labute approximate surface area is 152 Å². The molecule has 0 saturated carbocycles. The third-order valence-corrected chi connectivity index (χ3v) is 5.99. The summed E-state index contributed by atoms with van der Waals surface area (Å²) in [5, 5.41) is 7.87. The Hall–Kier alpha value is -1.57. The Kier molecular flexibility index (Phi) is 4.96. The van der Waals surface area contributed by atoms with Crippen molar-refractivity contribution in [3.8, 4) is 0 Å². The molecule has 1 saturated heterocycles. The summed E-state index contributed by atoms with van der Waals surface area (Å²) in [7, 11) is 0. The Morgan fingerprint density at radius 3 is 2.68 bits per heavy atom. The van der Waals surface area contributed by atoms with Crippen molar-refractivity contribution in [1.29, 1.82) is 0 Å². The zero-order valence-electron chi connectivity index (χ0n) is 14.8. The van der Waals surface area contributed by atoms with Gasteiger partial charge in [0.25, 0.3) is 5.56 Å². The zero-order chi connectivity index (χ0) is 17.2. The predicted octanol–water partition coefficient (Wildman–Crippen LogP) is 1.31. The second-order valence-corrected chi connectivity index (χ2v) is 8.07. The van der Waals surface area contributed by atoms with Crippen molar-refractivity contribution in [2.75, 3.05) is 32.7 Å². The van der Waals surface area contributed by atoms with Crippen molar-refractivity contribution in [3.63, 3.8) is 0 Å². The Morgan fingerprint density at radius 1 is 1.12 bits per heavy atom.